The van der Waals surface area contributed by atoms with Crippen LogP contribution in [0, 0.1) is 0 Å². The van der Waals surface area contributed by atoms with Crippen molar-refractivity contribution in [1.82, 2.24) is 29.9 Å². The standard InChI is InChI=1S/C42H26N2.C38H24N2.C37H24N3/c1-2-9-27(10-3-1)31-13-8-14-32(25-31)41-40(43-39-24-21-29-12-5-7-16-35(29)42(39)44-41)33-18-17-30-20-22-36-34-15-6-4-11-28(34)19-23-37(36)38(30)26-33;1-2-9-25(10-3-1)28-12-8-13-29(23-28)37-38(40-36-16-7-6-15-35(36)39-37)30-18-17-27-20-21-32-31-14-5-4-11-26(31)19-22-33(32)34(27)24-30;1-2-9-29(10-3-1)40-22-20-27(21-23-40)36-33-12-6-7-13-35(33)38-37(39-36)28-15-14-26-17-18-31-30-11-5-4-8-25(30)16-19-32(31)34(26)24-28/h1-26H;2*1-24H/q;;+1. The Morgan fingerprint density at radius 3 is 0.944 bits per heavy atom. The van der Waals surface area contributed by atoms with Gasteiger partial charge in [0.05, 0.1) is 56.1 Å². The maximum absolute atomic E-state index is 5.41. The molecule has 0 N–H and O–H groups in total. The number of aromatic nitrogens is 7. The first kappa shape index (κ1) is 72.6. The predicted octanol–water partition coefficient (Wildman–Crippen LogP) is 30.0. The summed E-state index contributed by atoms with van der Waals surface area (Å²) in [4.78, 5) is 31.3. The van der Waals surface area contributed by atoms with Gasteiger partial charge in [-0.2, -0.15) is 4.57 Å². The molecule has 0 atom stereocenters. The Kier molecular flexibility index (Phi) is 18.1. The molecule has 0 spiro atoms. The summed E-state index contributed by atoms with van der Waals surface area (Å²) in [5.41, 5.74) is 21.1. The molecule has 0 fully saturated rings. The zero-order chi connectivity index (χ0) is 82.0. The van der Waals surface area contributed by atoms with E-state index in [-0.39, 0.29) is 0 Å². The van der Waals surface area contributed by atoms with Gasteiger partial charge in [0.1, 0.15) is 0 Å². The van der Waals surface area contributed by atoms with Crippen molar-refractivity contribution >= 4 is 141 Å². The minimum Gasteiger partial charge on any atom is -0.244 e. The minimum atomic E-state index is 0.730. The number of benzene rings is 21. The van der Waals surface area contributed by atoms with Gasteiger partial charge in [-0.3, -0.25) is 0 Å². The third-order valence-electron chi connectivity index (χ3n) is 24.4. The second-order valence-corrected chi connectivity index (χ2v) is 31.8. The lowest BCUT2D eigenvalue weighted by Crippen LogP contribution is -2.28. The first-order valence-electron chi connectivity index (χ1n) is 42.1. The van der Waals surface area contributed by atoms with E-state index in [4.69, 9.17) is 29.9 Å². The van der Waals surface area contributed by atoms with Gasteiger partial charge >= 0.3 is 0 Å². The van der Waals surface area contributed by atoms with Crippen molar-refractivity contribution in [3.05, 3.63) is 449 Å². The maximum atomic E-state index is 5.41. The van der Waals surface area contributed by atoms with Gasteiger partial charge in [0, 0.05) is 68.4 Å². The largest absolute Gasteiger partial charge is 0.244 e. The molecule has 0 aliphatic heterocycles. The van der Waals surface area contributed by atoms with Crippen LogP contribution in [0.5, 0.6) is 0 Å². The Morgan fingerprint density at radius 2 is 0.468 bits per heavy atom. The zero-order valence-corrected chi connectivity index (χ0v) is 67.4. The fourth-order valence-corrected chi connectivity index (χ4v) is 18.2. The van der Waals surface area contributed by atoms with E-state index in [1.54, 1.807) is 0 Å². The van der Waals surface area contributed by atoms with E-state index in [0.717, 1.165) is 128 Å². The topological polar surface area (TPSA) is 81.2 Å². The fraction of sp³-hybridized carbons (Fsp3) is 0. The van der Waals surface area contributed by atoms with Gasteiger partial charge in [-0.05, 0) is 179 Å². The number of hydrogen-bond donors (Lipinski definition) is 0. The molecule has 0 radical (unpaired) electrons. The summed E-state index contributed by atoms with van der Waals surface area (Å²) in [6.45, 7) is 0. The monoisotopic (exact) mass is 1580 g/mol. The van der Waals surface area contributed by atoms with Crippen molar-refractivity contribution < 1.29 is 4.57 Å². The highest BCUT2D eigenvalue weighted by atomic mass is 14.9. The summed E-state index contributed by atoms with van der Waals surface area (Å²) < 4.78 is 2.12. The molecule has 0 aliphatic rings. The van der Waals surface area contributed by atoms with Crippen LogP contribution in [0.3, 0.4) is 0 Å². The van der Waals surface area contributed by atoms with E-state index in [1.807, 2.05) is 42.5 Å². The molecule has 576 valence electrons. The first-order valence-corrected chi connectivity index (χ1v) is 42.1. The van der Waals surface area contributed by atoms with E-state index < -0.39 is 0 Å². The molecule has 25 rings (SSSR count). The molecule has 0 bridgehead atoms. The van der Waals surface area contributed by atoms with Crippen LogP contribution >= 0.6 is 0 Å². The number of pyridine rings is 1. The maximum Gasteiger partial charge on any atom is 0.210 e. The Bertz CT molecular complexity index is 8550. The molecule has 7 nitrogen and oxygen atoms in total. The summed E-state index contributed by atoms with van der Waals surface area (Å²) in [6.07, 6.45) is 4.18. The van der Waals surface area contributed by atoms with E-state index in [2.05, 4.69) is 411 Å². The third kappa shape index (κ3) is 13.3. The number of fused-ring (bicyclic) bond motifs is 20. The molecular formula is C117H74N7+. The quantitative estimate of drug-likeness (QED) is 0.106. The summed E-state index contributed by atoms with van der Waals surface area (Å²) in [5, 5.41) is 25.7. The molecule has 7 heteroatoms. The molecule has 21 aromatic carbocycles. The lowest BCUT2D eigenvalue weighted by molar-refractivity contribution is -0.595. The Hall–Kier alpha value is -16.6. The molecule has 124 heavy (non-hydrogen) atoms. The van der Waals surface area contributed by atoms with Crippen LogP contribution in [0.2, 0.25) is 0 Å². The van der Waals surface area contributed by atoms with Gasteiger partial charge in [-0.1, -0.05) is 358 Å². The lowest BCUT2D eigenvalue weighted by Gasteiger charge is -2.14. The van der Waals surface area contributed by atoms with E-state index in [0.29, 0.717) is 0 Å². The van der Waals surface area contributed by atoms with Crippen LogP contribution in [0.1, 0.15) is 0 Å². The normalized spacial score (nSPS) is 11.5. The van der Waals surface area contributed by atoms with E-state index in [9.17, 15) is 0 Å². The van der Waals surface area contributed by atoms with Crippen molar-refractivity contribution in [3.8, 4) is 95.6 Å². The SMILES string of the molecule is c1ccc(-[n+]2ccc(-c3nc(-c4ccc5ccc6c7ccccc7ccc6c5c4)nc4ccccc34)cc2)cc1.c1ccc(-c2cccc(-c3nc4c(ccc5ccccc54)nc3-c3ccc4ccc5c6ccccc6ccc5c4c3)c2)cc1.c1ccc(-c2cccc(-c3nc4ccccc4nc3-c3ccc4ccc5c6ccccc6ccc5c4c3)c2)cc1. The number of nitrogens with zero attached hydrogens (tertiary/aromatic N) is 7. The highest BCUT2D eigenvalue weighted by Crippen LogP contribution is 2.43. The number of rotatable bonds is 9. The Morgan fingerprint density at radius 1 is 0.145 bits per heavy atom. The Balaban J connectivity index is 0.000000108. The van der Waals surface area contributed by atoms with Crippen molar-refractivity contribution in [2.45, 2.75) is 0 Å². The van der Waals surface area contributed by atoms with Crippen LogP contribution in [0.4, 0.5) is 0 Å². The third-order valence-corrected chi connectivity index (χ3v) is 24.4. The summed E-state index contributed by atoms with van der Waals surface area (Å²) in [7, 11) is 0. The predicted molar refractivity (Wildman–Crippen MR) is 519 cm³/mol. The van der Waals surface area contributed by atoms with Crippen molar-refractivity contribution in [1.29, 1.82) is 0 Å². The van der Waals surface area contributed by atoms with Crippen molar-refractivity contribution in [2.24, 2.45) is 0 Å². The molecule has 0 saturated heterocycles. The van der Waals surface area contributed by atoms with Gasteiger partial charge < -0.3 is 0 Å². The van der Waals surface area contributed by atoms with Crippen LogP contribution in [0.15, 0.2) is 449 Å². The van der Waals surface area contributed by atoms with Gasteiger partial charge in [0.15, 0.2) is 18.2 Å². The average Bonchev–Trinajstić information content (AvgIpc) is 0.757. The first-order chi connectivity index (χ1) is 61.4. The van der Waals surface area contributed by atoms with Crippen LogP contribution in [0.25, 0.3) is 236 Å². The molecule has 0 amide bonds. The molecule has 25 aromatic rings. The summed E-state index contributed by atoms with van der Waals surface area (Å²) in [5.74, 6) is 0.730. The highest BCUT2D eigenvalue weighted by Gasteiger charge is 2.22. The van der Waals surface area contributed by atoms with E-state index in [1.165, 1.54) is 108 Å². The van der Waals surface area contributed by atoms with Crippen molar-refractivity contribution in [2.75, 3.05) is 0 Å². The van der Waals surface area contributed by atoms with Gasteiger partial charge in [-0.15, -0.1) is 0 Å². The lowest BCUT2D eigenvalue weighted by atomic mass is 9.94. The molecule has 0 unspecified atom stereocenters. The van der Waals surface area contributed by atoms with Gasteiger partial charge in [-0.25, -0.2) is 29.9 Å². The van der Waals surface area contributed by atoms with Crippen LogP contribution in [-0.4, -0.2) is 29.9 Å². The average molecular weight is 1580 g/mol. The zero-order valence-electron chi connectivity index (χ0n) is 67.4. The smallest absolute Gasteiger partial charge is 0.210 e. The second kappa shape index (κ2) is 31.0. The second-order valence-electron chi connectivity index (χ2n) is 31.8. The molecule has 4 aromatic heterocycles. The van der Waals surface area contributed by atoms with Crippen molar-refractivity contribution in [3.63, 3.8) is 0 Å². The fourth-order valence-electron chi connectivity index (χ4n) is 18.2. The molecule has 0 saturated carbocycles. The van der Waals surface area contributed by atoms with E-state index >= 15 is 0 Å². The van der Waals surface area contributed by atoms with Gasteiger partial charge in [0.25, 0.3) is 0 Å². The molecule has 0 aliphatic carbocycles. The summed E-state index contributed by atoms with van der Waals surface area (Å²) >= 11 is 0. The van der Waals surface area contributed by atoms with Crippen LogP contribution < -0.4 is 4.57 Å². The Labute approximate surface area is 715 Å². The van der Waals surface area contributed by atoms with Crippen LogP contribution in [-0.2, 0) is 0 Å². The van der Waals surface area contributed by atoms with Gasteiger partial charge in [0.2, 0.25) is 5.69 Å². The number of para-hydroxylation sites is 4. The highest BCUT2D eigenvalue weighted by molar-refractivity contribution is 6.21. The minimum absolute atomic E-state index is 0.730. The summed E-state index contributed by atoms with van der Waals surface area (Å²) in [6, 6.07) is 154. The number of hydrogen-bond acceptors (Lipinski definition) is 6. The molecular weight excluding hydrogens is 1500 g/mol. The molecule has 4 heterocycles.